The van der Waals surface area contributed by atoms with E-state index < -0.39 is 10.3 Å². The zero-order valence-electron chi connectivity index (χ0n) is 26.0. The fraction of sp³-hybridized carbons (Fsp3) is 0.0476. The SMILES string of the molecule is O=C1C(c2ccccc2)=C(c2ccccc2)C2(c3ccccc3)SC(N=[N+](Nc3ccccc3)c3ccccc3)=NC12c1ccccc1. The number of hydrazine groups is 1. The number of azo groups is 1. The number of carbonyl (C=O) groups is 1. The first-order valence-electron chi connectivity index (χ1n) is 15.9. The predicted molar refractivity (Wildman–Crippen MR) is 195 cm³/mol. The molecular formula is C42H31N4OS+. The monoisotopic (exact) mass is 639 g/mol. The Bertz CT molecular complexity index is 2170. The molecule has 1 N–H and O–H groups in total. The van der Waals surface area contributed by atoms with Crippen LogP contribution in [0.2, 0.25) is 0 Å². The van der Waals surface area contributed by atoms with Gasteiger partial charge in [0.1, 0.15) is 4.75 Å². The number of benzene rings is 6. The molecule has 0 amide bonds. The minimum Gasteiger partial charge on any atom is -0.291 e. The molecule has 1 heterocycles. The molecule has 0 saturated carbocycles. The van der Waals surface area contributed by atoms with Gasteiger partial charge in [0, 0.05) is 22.5 Å². The van der Waals surface area contributed by atoms with Gasteiger partial charge >= 0.3 is 0 Å². The number of Topliss-reactive ketones (excluding diaryl/α,β-unsaturated/α-hetero) is 1. The van der Waals surface area contributed by atoms with E-state index in [1.54, 1.807) is 4.81 Å². The van der Waals surface area contributed by atoms with Crippen molar-refractivity contribution >= 4 is 45.2 Å². The fourth-order valence-corrected chi connectivity index (χ4v) is 8.40. The topological polar surface area (TPSA) is 56.8 Å². The number of nitrogens with one attached hydrogen (secondary N) is 1. The van der Waals surface area contributed by atoms with Crippen molar-refractivity contribution in [2.75, 3.05) is 5.43 Å². The number of amidine groups is 1. The lowest BCUT2D eigenvalue weighted by Crippen LogP contribution is -2.45. The maximum absolute atomic E-state index is 15.6. The van der Waals surface area contributed by atoms with Gasteiger partial charge in [-0.2, -0.15) is 0 Å². The average molecular weight is 640 g/mol. The Labute approximate surface area is 284 Å². The van der Waals surface area contributed by atoms with Gasteiger partial charge in [-0.05, 0) is 40.0 Å². The molecule has 6 aromatic rings. The van der Waals surface area contributed by atoms with Crippen LogP contribution in [0, 0.1) is 0 Å². The normalized spacial score (nSPS) is 20.4. The summed E-state index contributed by atoms with van der Waals surface area (Å²) in [5.41, 5.74) is 9.05. The third-order valence-corrected chi connectivity index (χ3v) is 10.3. The van der Waals surface area contributed by atoms with E-state index in [9.17, 15) is 0 Å². The van der Waals surface area contributed by atoms with E-state index in [0.29, 0.717) is 10.7 Å². The van der Waals surface area contributed by atoms with Crippen LogP contribution in [0.15, 0.2) is 192 Å². The predicted octanol–water partition coefficient (Wildman–Crippen LogP) is 9.90. The molecule has 5 nitrogen and oxygen atoms in total. The summed E-state index contributed by atoms with van der Waals surface area (Å²) in [4.78, 5) is 22.8. The van der Waals surface area contributed by atoms with Gasteiger partial charge in [-0.15, -0.1) is 5.43 Å². The second kappa shape index (κ2) is 12.4. The lowest BCUT2D eigenvalue weighted by molar-refractivity contribution is -0.473. The van der Waals surface area contributed by atoms with Crippen molar-refractivity contribution in [3.8, 4) is 0 Å². The minimum atomic E-state index is -1.34. The molecule has 0 saturated heterocycles. The molecule has 8 rings (SSSR count). The van der Waals surface area contributed by atoms with Crippen molar-refractivity contribution < 1.29 is 9.60 Å². The number of rotatable bonds is 7. The minimum absolute atomic E-state index is 0.0532. The number of anilines is 1. The van der Waals surface area contributed by atoms with Gasteiger partial charge in [0.2, 0.25) is 0 Å². The molecule has 0 aromatic heterocycles. The van der Waals surface area contributed by atoms with Crippen LogP contribution in [0.25, 0.3) is 11.1 Å². The Morgan fingerprint density at radius 1 is 0.562 bits per heavy atom. The highest BCUT2D eigenvalue weighted by molar-refractivity contribution is 8.15. The Hall–Kier alpha value is -5.85. The molecule has 1 aliphatic carbocycles. The smallest absolute Gasteiger partial charge is 0.265 e. The zero-order valence-corrected chi connectivity index (χ0v) is 26.8. The fourth-order valence-electron chi connectivity index (χ4n) is 6.84. The van der Waals surface area contributed by atoms with Gasteiger partial charge in [-0.1, -0.05) is 169 Å². The second-order valence-electron chi connectivity index (χ2n) is 11.7. The summed E-state index contributed by atoms with van der Waals surface area (Å²) in [5, 5.41) is 5.68. The number of fused-ring (bicyclic) bond motifs is 1. The first kappa shape index (κ1) is 29.5. The van der Waals surface area contributed by atoms with Crippen LogP contribution in [-0.2, 0) is 15.1 Å². The third-order valence-electron chi connectivity index (χ3n) is 8.87. The van der Waals surface area contributed by atoms with Gasteiger partial charge in [0.25, 0.3) is 10.9 Å². The van der Waals surface area contributed by atoms with E-state index >= 15 is 4.79 Å². The van der Waals surface area contributed by atoms with Crippen molar-refractivity contribution in [3.05, 3.63) is 204 Å². The van der Waals surface area contributed by atoms with E-state index in [2.05, 4.69) is 29.7 Å². The van der Waals surface area contributed by atoms with Gasteiger partial charge in [0.05, 0.1) is 10.8 Å². The molecule has 0 bridgehead atoms. The number of nitrogens with zero attached hydrogens (tertiary/aromatic N) is 3. The van der Waals surface area contributed by atoms with Crippen molar-refractivity contribution in [1.82, 2.24) is 0 Å². The molecule has 2 atom stereocenters. The molecule has 48 heavy (non-hydrogen) atoms. The summed E-state index contributed by atoms with van der Waals surface area (Å²) < 4.78 is -0.979. The van der Waals surface area contributed by atoms with Gasteiger partial charge < -0.3 is 0 Å². The summed E-state index contributed by atoms with van der Waals surface area (Å²) in [6.45, 7) is 0. The number of para-hydroxylation sites is 2. The van der Waals surface area contributed by atoms with Crippen LogP contribution in [0.3, 0.4) is 0 Å². The first-order chi connectivity index (χ1) is 23.7. The van der Waals surface area contributed by atoms with Crippen molar-refractivity contribution in [3.63, 3.8) is 0 Å². The lowest BCUT2D eigenvalue weighted by atomic mass is 9.72. The van der Waals surface area contributed by atoms with Crippen LogP contribution in [0.5, 0.6) is 0 Å². The van der Waals surface area contributed by atoms with E-state index in [1.807, 2.05) is 158 Å². The number of ketones is 1. The summed E-state index contributed by atoms with van der Waals surface area (Å²) in [6, 6.07) is 60.4. The van der Waals surface area contributed by atoms with E-state index in [0.717, 1.165) is 39.2 Å². The maximum atomic E-state index is 15.6. The number of hydrogen-bond donors (Lipinski definition) is 1. The Morgan fingerprint density at radius 3 is 1.62 bits per heavy atom. The molecule has 0 spiro atoms. The van der Waals surface area contributed by atoms with Crippen LogP contribution in [0.4, 0.5) is 11.4 Å². The van der Waals surface area contributed by atoms with Crippen molar-refractivity contribution in [2.24, 2.45) is 10.1 Å². The van der Waals surface area contributed by atoms with Crippen LogP contribution < -0.4 is 5.43 Å². The summed E-state index contributed by atoms with van der Waals surface area (Å²) in [5.74, 6) is -0.0532. The zero-order chi connectivity index (χ0) is 32.4. The van der Waals surface area contributed by atoms with E-state index in [1.165, 1.54) is 11.8 Å². The van der Waals surface area contributed by atoms with Gasteiger partial charge in [0.15, 0.2) is 11.3 Å². The summed E-state index contributed by atoms with van der Waals surface area (Å²) in [7, 11) is 0. The molecule has 2 unspecified atom stereocenters. The molecular weight excluding hydrogens is 609 g/mol. The highest BCUT2D eigenvalue weighted by Crippen LogP contribution is 2.70. The van der Waals surface area contributed by atoms with Crippen LogP contribution >= 0.6 is 11.8 Å². The second-order valence-corrected chi connectivity index (χ2v) is 12.8. The highest BCUT2D eigenvalue weighted by atomic mass is 32.2. The standard InChI is InChI=1S/C42H31N4OS/c47-39-37(31-19-7-1-8-20-31)38(32-21-9-2-10-22-32)42(34-25-13-4-14-26-34)41(39,33-23-11-3-12-24-33)43-40(48-42)45-46(36-29-17-6-18-30-36)44-35-27-15-5-16-28-35/h1-30H,(H,43,44,45)/q+1. The Morgan fingerprint density at radius 2 is 1.04 bits per heavy atom. The number of hydrogen-bond acceptors (Lipinski definition) is 4. The number of aliphatic imine (C=N–C) groups is 1. The van der Waals surface area contributed by atoms with Crippen molar-refractivity contribution in [1.29, 1.82) is 0 Å². The summed E-state index contributed by atoms with van der Waals surface area (Å²) >= 11 is 1.54. The van der Waals surface area contributed by atoms with Crippen molar-refractivity contribution in [2.45, 2.75) is 10.3 Å². The molecule has 6 heteroatoms. The largest absolute Gasteiger partial charge is 0.291 e. The van der Waals surface area contributed by atoms with E-state index in [4.69, 9.17) is 10.1 Å². The molecule has 1 aliphatic heterocycles. The highest BCUT2D eigenvalue weighted by Gasteiger charge is 2.71. The summed E-state index contributed by atoms with van der Waals surface area (Å²) in [6.07, 6.45) is 0. The molecule has 6 aromatic carbocycles. The Balaban J connectivity index is 1.44. The number of thioether (sulfide) groups is 1. The lowest BCUT2D eigenvalue weighted by Gasteiger charge is -2.39. The third kappa shape index (κ3) is 4.81. The van der Waals surface area contributed by atoms with Crippen LogP contribution in [-0.4, -0.2) is 15.8 Å². The first-order valence-corrected chi connectivity index (χ1v) is 16.7. The molecule has 0 fully saturated rings. The number of carbonyl (C=O) groups excluding carboxylic acids is 1. The molecule has 2 aliphatic rings. The van der Waals surface area contributed by atoms with Gasteiger partial charge in [-0.3, -0.25) is 4.79 Å². The maximum Gasteiger partial charge on any atom is 0.265 e. The van der Waals surface area contributed by atoms with Crippen LogP contribution in [0.1, 0.15) is 22.3 Å². The molecule has 0 radical (unpaired) electrons. The molecule has 230 valence electrons. The average Bonchev–Trinajstić information content (AvgIpc) is 3.61. The van der Waals surface area contributed by atoms with E-state index in [-0.39, 0.29) is 5.78 Å². The Kier molecular flexibility index (Phi) is 7.63. The van der Waals surface area contributed by atoms with Gasteiger partial charge in [-0.25, -0.2) is 4.99 Å². The quantitative estimate of drug-likeness (QED) is 0.107.